The van der Waals surface area contributed by atoms with Crippen LogP contribution in [0.3, 0.4) is 0 Å². The van der Waals surface area contributed by atoms with E-state index in [1.807, 2.05) is 70.6 Å². The number of thioether (sulfide) groups is 6. The molecule has 11 heteroatoms. The van der Waals surface area contributed by atoms with Gasteiger partial charge in [-0.1, -0.05) is 129 Å². The lowest BCUT2D eigenvalue weighted by atomic mass is 9.93. The number of hydrogen-bond acceptors (Lipinski definition) is 9. The molecule has 2 aromatic carbocycles. The first kappa shape index (κ1) is 31.0. The van der Waals surface area contributed by atoms with Gasteiger partial charge in [-0.2, -0.15) is 0 Å². The predicted octanol–water partition coefficient (Wildman–Crippen LogP) is 13.4. The Morgan fingerprint density at radius 2 is 1.10 bits per heavy atom. The Morgan fingerprint density at radius 1 is 0.675 bits per heavy atom. The first-order valence-electron chi connectivity index (χ1n) is 12.7. The maximum absolute atomic E-state index is 5.46. The van der Waals surface area contributed by atoms with E-state index in [1.54, 1.807) is 22.7 Å². The Balaban J connectivity index is 1.39. The highest BCUT2D eigenvalue weighted by Gasteiger charge is 2.27. The monoisotopic (exact) mass is 818 g/mol. The van der Waals surface area contributed by atoms with Crippen molar-refractivity contribution in [2.24, 2.45) is 0 Å². The Labute approximate surface area is 292 Å². The molecule has 0 unspecified atom stereocenters. The molecular formula is C29H24Br2S9. The average Bonchev–Trinajstić information content (AvgIpc) is 3.60. The summed E-state index contributed by atoms with van der Waals surface area (Å²) in [6, 6.07) is 14.1. The molecule has 3 heterocycles. The molecule has 4 bridgehead atoms. The summed E-state index contributed by atoms with van der Waals surface area (Å²) < 4.78 is 12.0. The molecule has 0 radical (unpaired) electrons. The second-order valence-electron chi connectivity index (χ2n) is 9.22. The van der Waals surface area contributed by atoms with E-state index in [9.17, 15) is 0 Å². The standard InChI is InChI=1S/C29H24Br2S9/c1-3-33-25-26(34-4-2)36-23(35-25)19-9-15-5-7-16(8-6-15)10-20(24-37-27-28(38-24)40-29(32)39-27)12-18-14-21(30)17(11-19)13-22(18)31/h5-8,13-14H,3-4,9-12H2,1-2H3. The van der Waals surface area contributed by atoms with E-state index in [0.29, 0.717) is 0 Å². The summed E-state index contributed by atoms with van der Waals surface area (Å²) in [5.41, 5.74) is 8.43. The van der Waals surface area contributed by atoms with Gasteiger partial charge in [0.15, 0.2) is 0 Å². The van der Waals surface area contributed by atoms with Crippen LogP contribution in [0.2, 0.25) is 0 Å². The Morgan fingerprint density at radius 3 is 1.52 bits per heavy atom. The van der Waals surface area contributed by atoms with Gasteiger partial charge < -0.3 is 0 Å². The number of fused-ring (bicyclic) bond motifs is 1. The van der Waals surface area contributed by atoms with Crippen molar-refractivity contribution in [2.75, 3.05) is 11.5 Å². The highest BCUT2D eigenvalue weighted by molar-refractivity contribution is 9.11. The van der Waals surface area contributed by atoms with E-state index >= 15 is 0 Å². The molecule has 208 valence electrons. The summed E-state index contributed by atoms with van der Waals surface area (Å²) in [5.74, 6) is 2.22. The molecule has 40 heavy (non-hydrogen) atoms. The topological polar surface area (TPSA) is 0 Å². The molecule has 2 aliphatic heterocycles. The fourth-order valence-corrected chi connectivity index (χ4v) is 18.0. The van der Waals surface area contributed by atoms with Crippen LogP contribution in [0.25, 0.3) is 0 Å². The SMILES string of the molecule is CCSC1=C(SCC)SC(=C2Cc3ccc(cc3)CC(=C3Sc4sc(=S)sc4S3)Cc3cc(Br)c(cc3Br)C2)S1. The third-order valence-corrected chi connectivity index (χ3v) is 19.2. The zero-order chi connectivity index (χ0) is 27.8. The van der Waals surface area contributed by atoms with Crippen molar-refractivity contribution < 1.29 is 0 Å². The second kappa shape index (κ2) is 14.0. The molecule has 4 aliphatic carbocycles. The van der Waals surface area contributed by atoms with Gasteiger partial charge in [-0.05, 0) is 82.7 Å². The second-order valence-corrected chi connectivity index (χ2v) is 22.3. The van der Waals surface area contributed by atoms with Crippen LogP contribution in [0.4, 0.5) is 0 Å². The molecule has 0 saturated heterocycles. The van der Waals surface area contributed by atoms with Crippen LogP contribution in [0, 0.1) is 3.14 Å². The summed E-state index contributed by atoms with van der Waals surface area (Å²) in [6.07, 6.45) is 3.80. The van der Waals surface area contributed by atoms with Crippen molar-refractivity contribution in [3.63, 3.8) is 0 Å². The van der Waals surface area contributed by atoms with Crippen molar-refractivity contribution in [1.29, 1.82) is 0 Å². The van der Waals surface area contributed by atoms with E-state index in [-0.39, 0.29) is 0 Å². The number of allylic oxidation sites excluding steroid dienone is 2. The number of benzene rings is 2. The summed E-state index contributed by atoms with van der Waals surface area (Å²) >= 11 is 28.7. The van der Waals surface area contributed by atoms with E-state index in [1.165, 1.54) is 67.7 Å². The van der Waals surface area contributed by atoms with Crippen LogP contribution in [0.1, 0.15) is 36.1 Å². The summed E-state index contributed by atoms with van der Waals surface area (Å²) in [4.78, 5) is 0. The van der Waals surface area contributed by atoms with Crippen molar-refractivity contribution in [1.82, 2.24) is 0 Å². The normalized spacial score (nSPS) is 17.4. The van der Waals surface area contributed by atoms with Crippen molar-refractivity contribution in [2.45, 2.75) is 47.9 Å². The third kappa shape index (κ3) is 7.11. The lowest BCUT2D eigenvalue weighted by Crippen LogP contribution is -2.04. The molecule has 0 saturated carbocycles. The maximum Gasteiger partial charge on any atom is 0.145 e. The fraction of sp³-hybridized carbons (Fsp3) is 0.276. The van der Waals surface area contributed by atoms with Crippen LogP contribution in [0.15, 0.2) is 81.9 Å². The molecule has 0 amide bonds. The smallest absolute Gasteiger partial charge is 0.118 e. The highest BCUT2D eigenvalue weighted by atomic mass is 79.9. The van der Waals surface area contributed by atoms with Gasteiger partial charge in [-0.25, -0.2) is 0 Å². The van der Waals surface area contributed by atoms with Crippen molar-refractivity contribution in [3.05, 3.63) is 98.8 Å². The number of rotatable bonds is 4. The van der Waals surface area contributed by atoms with Gasteiger partial charge in [0, 0.05) is 8.95 Å². The third-order valence-electron chi connectivity index (χ3n) is 6.44. The van der Waals surface area contributed by atoms with Gasteiger partial charge in [-0.3, -0.25) is 0 Å². The minimum Gasteiger partial charge on any atom is -0.118 e. The molecule has 3 aromatic rings. The van der Waals surface area contributed by atoms with Crippen LogP contribution >= 0.6 is 137 Å². The minimum absolute atomic E-state index is 0.926. The lowest BCUT2D eigenvalue weighted by molar-refractivity contribution is 0.993. The molecular weight excluding hydrogens is 797 g/mol. The first-order valence-corrected chi connectivity index (χ1v) is 21.6. The van der Waals surface area contributed by atoms with Gasteiger partial charge in [0.05, 0.1) is 25.4 Å². The highest BCUT2D eigenvalue weighted by Crippen LogP contribution is 2.59. The quantitative estimate of drug-likeness (QED) is 0.237. The average molecular weight is 821 g/mol. The zero-order valence-corrected chi connectivity index (χ0v) is 32.2. The van der Waals surface area contributed by atoms with Crippen LogP contribution in [-0.4, -0.2) is 11.5 Å². The van der Waals surface area contributed by atoms with Gasteiger partial charge in [0.25, 0.3) is 0 Å². The van der Waals surface area contributed by atoms with E-state index in [0.717, 1.165) is 40.3 Å². The summed E-state index contributed by atoms with van der Waals surface area (Å²) in [5, 5.41) is 0. The van der Waals surface area contributed by atoms with Crippen LogP contribution < -0.4 is 0 Å². The maximum atomic E-state index is 5.46. The Bertz CT molecular complexity index is 1560. The van der Waals surface area contributed by atoms with Gasteiger partial charge >= 0.3 is 0 Å². The first-order chi connectivity index (χ1) is 19.4. The molecule has 0 fully saturated rings. The summed E-state index contributed by atoms with van der Waals surface area (Å²) in [7, 11) is 0. The molecule has 0 nitrogen and oxygen atoms in total. The molecule has 6 aliphatic rings. The van der Waals surface area contributed by atoms with E-state index < -0.39 is 0 Å². The zero-order valence-electron chi connectivity index (χ0n) is 21.6. The molecule has 0 atom stereocenters. The minimum atomic E-state index is 0.926. The van der Waals surface area contributed by atoms with E-state index in [4.69, 9.17) is 12.2 Å². The van der Waals surface area contributed by atoms with Crippen LogP contribution in [-0.2, 0) is 25.7 Å². The predicted molar refractivity (Wildman–Crippen MR) is 200 cm³/mol. The summed E-state index contributed by atoms with van der Waals surface area (Å²) in [6.45, 7) is 4.51. The van der Waals surface area contributed by atoms with Gasteiger partial charge in [-0.15, -0.1) is 46.2 Å². The Kier molecular flexibility index (Phi) is 10.8. The molecule has 9 rings (SSSR count). The van der Waals surface area contributed by atoms with Gasteiger partial charge in [0.1, 0.15) is 3.14 Å². The van der Waals surface area contributed by atoms with Crippen molar-refractivity contribution in [3.8, 4) is 0 Å². The number of hydrogen-bond donors (Lipinski definition) is 0. The fourth-order valence-electron chi connectivity index (χ4n) is 4.61. The largest absolute Gasteiger partial charge is 0.145 e. The molecule has 0 spiro atoms. The van der Waals surface area contributed by atoms with Crippen LogP contribution in [0.5, 0.6) is 0 Å². The molecule has 1 aromatic heterocycles. The molecule has 0 N–H and O–H groups in total. The van der Waals surface area contributed by atoms with E-state index in [2.05, 4.69) is 82.1 Å². The van der Waals surface area contributed by atoms with Crippen molar-refractivity contribution >= 4 is 137 Å². The lowest BCUT2D eigenvalue weighted by Gasteiger charge is -2.18. The Hall–Kier alpha value is 0.990. The van der Waals surface area contributed by atoms with Gasteiger partial charge in [0.2, 0.25) is 0 Å². The number of halogens is 2.